The summed E-state index contributed by atoms with van der Waals surface area (Å²) in [6.45, 7) is 5.01. The molecule has 0 bridgehead atoms. The Hall–Kier alpha value is -0.560. The van der Waals surface area contributed by atoms with Gasteiger partial charge in [-0.05, 0) is 36.5 Å². The van der Waals surface area contributed by atoms with Gasteiger partial charge in [-0.25, -0.2) is 0 Å². The molecule has 1 rings (SSSR count). The zero-order valence-corrected chi connectivity index (χ0v) is 13.6. The van der Waals surface area contributed by atoms with Gasteiger partial charge in [0.1, 0.15) is 0 Å². The van der Waals surface area contributed by atoms with Crippen molar-refractivity contribution in [2.24, 2.45) is 5.73 Å². The third-order valence-electron chi connectivity index (χ3n) is 3.28. The van der Waals surface area contributed by atoms with E-state index in [1.54, 1.807) is 12.1 Å². The highest BCUT2D eigenvalue weighted by Crippen LogP contribution is 2.29. The average Bonchev–Trinajstić information content (AvgIpc) is 2.41. The molecule has 0 heterocycles. The minimum atomic E-state index is -4.11. The summed E-state index contributed by atoms with van der Waals surface area (Å²) in [7, 11) is -4.11. The molecule has 0 aromatic heterocycles. The maximum absolute atomic E-state index is 11.0. The fraction of sp³-hybridized carbons (Fsp3) is 0.571. The Morgan fingerprint density at radius 1 is 1.30 bits per heavy atom. The lowest BCUT2D eigenvalue weighted by atomic mass is 9.92. The molecule has 0 spiro atoms. The molecule has 2 atom stereocenters. The lowest BCUT2D eigenvalue weighted by Gasteiger charge is -2.20. The van der Waals surface area contributed by atoms with Crippen LogP contribution in [0.1, 0.15) is 38.2 Å². The molecule has 0 saturated heterocycles. The summed E-state index contributed by atoms with van der Waals surface area (Å²) in [4.78, 5) is -0.0540. The molecule has 3 N–H and O–H groups in total. The minimum Gasteiger partial charge on any atom is -0.330 e. The summed E-state index contributed by atoms with van der Waals surface area (Å²) in [6.07, 6.45) is 2.03. The fourth-order valence-corrected chi connectivity index (χ4v) is 3.58. The van der Waals surface area contributed by atoms with Gasteiger partial charge in [-0.3, -0.25) is 4.55 Å². The second kappa shape index (κ2) is 8.02. The Balaban J connectivity index is 2.75. The van der Waals surface area contributed by atoms with Crippen LogP contribution < -0.4 is 5.73 Å². The Morgan fingerprint density at radius 3 is 2.35 bits per heavy atom. The molecule has 0 radical (unpaired) electrons. The van der Waals surface area contributed by atoms with Gasteiger partial charge in [0.15, 0.2) is 0 Å². The number of hydrogen-bond acceptors (Lipinski definition) is 4. The van der Waals surface area contributed by atoms with Gasteiger partial charge in [0.25, 0.3) is 10.1 Å². The second-order valence-electron chi connectivity index (χ2n) is 4.86. The van der Waals surface area contributed by atoms with Crippen LogP contribution in [-0.2, 0) is 10.1 Å². The van der Waals surface area contributed by atoms with E-state index in [0.29, 0.717) is 17.7 Å². The molecule has 0 aliphatic carbocycles. The van der Waals surface area contributed by atoms with Crippen LogP contribution in [0.2, 0.25) is 0 Å². The van der Waals surface area contributed by atoms with Gasteiger partial charge < -0.3 is 5.73 Å². The van der Waals surface area contributed by atoms with Crippen LogP contribution in [0.3, 0.4) is 0 Å². The van der Waals surface area contributed by atoms with Crippen LogP contribution in [0.25, 0.3) is 0 Å². The average molecular weight is 317 g/mol. The first kappa shape index (κ1) is 17.5. The molecular formula is C14H23NO3S2. The van der Waals surface area contributed by atoms with Crippen molar-refractivity contribution in [3.8, 4) is 0 Å². The van der Waals surface area contributed by atoms with Crippen LogP contribution in [-0.4, -0.2) is 30.5 Å². The predicted molar refractivity (Wildman–Crippen MR) is 84.9 cm³/mol. The summed E-state index contributed by atoms with van der Waals surface area (Å²) in [5.74, 6) is 1.35. The number of thioether (sulfide) groups is 1. The summed E-state index contributed by atoms with van der Waals surface area (Å²) in [5, 5.41) is 0.518. The van der Waals surface area contributed by atoms with E-state index < -0.39 is 10.1 Å². The molecule has 1 aromatic carbocycles. The van der Waals surface area contributed by atoms with Crippen molar-refractivity contribution >= 4 is 21.9 Å². The van der Waals surface area contributed by atoms with Gasteiger partial charge >= 0.3 is 0 Å². The van der Waals surface area contributed by atoms with E-state index in [-0.39, 0.29) is 4.90 Å². The molecule has 0 fully saturated rings. The van der Waals surface area contributed by atoms with Crippen molar-refractivity contribution in [2.75, 3.05) is 12.3 Å². The van der Waals surface area contributed by atoms with Crippen molar-refractivity contribution in [1.29, 1.82) is 0 Å². The highest BCUT2D eigenvalue weighted by atomic mass is 32.2. The molecule has 0 amide bonds. The standard InChI is InChI=1S/C14H23NO3S2/c1-3-12(10-11(2)19-9-8-15)13-4-6-14(7-5-13)20(16,17)18/h4-7,11-12H,3,8-10,15H2,1-2H3,(H,16,17,18). The number of hydrogen-bond donors (Lipinski definition) is 2. The topological polar surface area (TPSA) is 80.4 Å². The summed E-state index contributed by atoms with van der Waals surface area (Å²) >= 11 is 1.86. The smallest absolute Gasteiger partial charge is 0.294 e. The summed E-state index contributed by atoms with van der Waals surface area (Å²) in [5.41, 5.74) is 6.62. The zero-order chi connectivity index (χ0) is 15.2. The third-order valence-corrected chi connectivity index (χ3v) is 5.38. The molecule has 4 nitrogen and oxygen atoms in total. The van der Waals surface area contributed by atoms with Crippen molar-refractivity contribution in [2.45, 2.75) is 42.8 Å². The molecule has 2 unspecified atom stereocenters. The predicted octanol–water partition coefficient (Wildman–Crippen LogP) is 2.90. The molecule has 20 heavy (non-hydrogen) atoms. The van der Waals surface area contributed by atoms with E-state index in [2.05, 4.69) is 13.8 Å². The molecule has 0 aliphatic heterocycles. The molecule has 1 aromatic rings. The number of benzene rings is 1. The second-order valence-corrected chi connectivity index (χ2v) is 7.82. The largest absolute Gasteiger partial charge is 0.330 e. The molecule has 0 saturated carbocycles. The zero-order valence-electron chi connectivity index (χ0n) is 12.0. The van der Waals surface area contributed by atoms with Gasteiger partial charge in [0.2, 0.25) is 0 Å². The van der Waals surface area contributed by atoms with E-state index >= 15 is 0 Å². The van der Waals surface area contributed by atoms with E-state index in [0.717, 1.165) is 24.2 Å². The number of rotatable bonds is 8. The van der Waals surface area contributed by atoms with Crippen LogP contribution >= 0.6 is 11.8 Å². The maximum Gasteiger partial charge on any atom is 0.294 e. The normalized spacial score (nSPS) is 15.0. The van der Waals surface area contributed by atoms with Crippen LogP contribution in [0.15, 0.2) is 29.2 Å². The first-order valence-electron chi connectivity index (χ1n) is 6.77. The quantitative estimate of drug-likeness (QED) is 0.721. The first-order valence-corrected chi connectivity index (χ1v) is 9.26. The van der Waals surface area contributed by atoms with Gasteiger partial charge in [-0.15, -0.1) is 0 Å². The Morgan fingerprint density at radius 2 is 1.90 bits per heavy atom. The lowest BCUT2D eigenvalue weighted by Crippen LogP contribution is -2.10. The van der Waals surface area contributed by atoms with Gasteiger partial charge in [0.05, 0.1) is 4.90 Å². The van der Waals surface area contributed by atoms with Crippen LogP contribution in [0, 0.1) is 0 Å². The Bertz CT molecular complexity index is 500. The summed E-state index contributed by atoms with van der Waals surface area (Å²) < 4.78 is 31.0. The van der Waals surface area contributed by atoms with Crippen molar-refractivity contribution < 1.29 is 13.0 Å². The van der Waals surface area contributed by atoms with E-state index in [1.165, 1.54) is 12.1 Å². The maximum atomic E-state index is 11.0. The molecule has 6 heteroatoms. The fourth-order valence-electron chi connectivity index (χ4n) is 2.19. The SMILES string of the molecule is CCC(CC(C)SCCN)c1ccc(S(=O)(=O)O)cc1. The van der Waals surface area contributed by atoms with Crippen molar-refractivity contribution in [1.82, 2.24) is 0 Å². The molecule has 0 aliphatic rings. The molecule has 114 valence electrons. The Labute approximate surface area is 125 Å². The summed E-state index contributed by atoms with van der Waals surface area (Å²) in [6, 6.07) is 6.51. The highest BCUT2D eigenvalue weighted by Gasteiger charge is 2.15. The van der Waals surface area contributed by atoms with E-state index in [4.69, 9.17) is 10.3 Å². The highest BCUT2D eigenvalue weighted by molar-refractivity contribution is 7.99. The number of nitrogens with two attached hydrogens (primary N) is 1. The van der Waals surface area contributed by atoms with Gasteiger partial charge in [-0.1, -0.05) is 26.0 Å². The van der Waals surface area contributed by atoms with Crippen molar-refractivity contribution in [3.63, 3.8) is 0 Å². The van der Waals surface area contributed by atoms with E-state index in [1.807, 2.05) is 11.8 Å². The van der Waals surface area contributed by atoms with Crippen LogP contribution in [0.5, 0.6) is 0 Å². The van der Waals surface area contributed by atoms with Crippen LogP contribution in [0.4, 0.5) is 0 Å². The van der Waals surface area contributed by atoms with Crippen molar-refractivity contribution in [3.05, 3.63) is 29.8 Å². The Kier molecular flexibility index (Phi) is 7.02. The first-order chi connectivity index (χ1) is 9.38. The third kappa shape index (κ3) is 5.44. The molecular weight excluding hydrogens is 294 g/mol. The minimum absolute atomic E-state index is 0.0540. The van der Waals surface area contributed by atoms with Gasteiger partial charge in [0, 0.05) is 17.5 Å². The van der Waals surface area contributed by atoms with E-state index in [9.17, 15) is 8.42 Å². The lowest BCUT2D eigenvalue weighted by molar-refractivity contribution is 0.483. The van der Waals surface area contributed by atoms with Gasteiger partial charge in [-0.2, -0.15) is 20.2 Å². The monoisotopic (exact) mass is 317 g/mol.